The minimum Gasteiger partial charge on any atom is -0.378 e. The molecule has 19 heavy (non-hydrogen) atoms. The van der Waals surface area contributed by atoms with Gasteiger partial charge < -0.3 is 10.1 Å². The van der Waals surface area contributed by atoms with Crippen LogP contribution in [-0.4, -0.2) is 30.3 Å². The van der Waals surface area contributed by atoms with Crippen LogP contribution in [0.1, 0.15) is 50.5 Å². The normalized spacial score (nSPS) is 21.4. The number of hydrogen-bond donors (Lipinski definition) is 1. The van der Waals surface area contributed by atoms with Crippen molar-refractivity contribution >= 4 is 11.3 Å². The number of hydrogen-bond acceptors (Lipinski definition) is 4. The first-order chi connectivity index (χ1) is 9.38. The maximum absolute atomic E-state index is 5.83. The predicted molar refractivity (Wildman–Crippen MR) is 80.7 cm³/mol. The fraction of sp³-hybridized carbons (Fsp3) is 0.800. The van der Waals surface area contributed by atoms with Gasteiger partial charge in [0.2, 0.25) is 0 Å². The van der Waals surface area contributed by atoms with Crippen molar-refractivity contribution in [3.63, 3.8) is 0 Å². The Balaban J connectivity index is 1.75. The van der Waals surface area contributed by atoms with Crippen LogP contribution in [0.2, 0.25) is 0 Å². The summed E-state index contributed by atoms with van der Waals surface area (Å²) < 4.78 is 5.83. The SMILES string of the molecule is CCCNC(CCC1CCCCO1)Cc1nccs1. The van der Waals surface area contributed by atoms with Crippen molar-refractivity contribution in [1.29, 1.82) is 0 Å². The monoisotopic (exact) mass is 282 g/mol. The number of ether oxygens (including phenoxy) is 1. The van der Waals surface area contributed by atoms with Gasteiger partial charge in [-0.25, -0.2) is 4.98 Å². The Morgan fingerprint density at radius 2 is 2.47 bits per heavy atom. The van der Waals surface area contributed by atoms with E-state index in [4.69, 9.17) is 4.74 Å². The zero-order valence-corrected chi connectivity index (χ0v) is 12.8. The molecule has 2 unspecified atom stereocenters. The molecule has 1 aliphatic heterocycles. The van der Waals surface area contributed by atoms with E-state index in [0.717, 1.165) is 19.6 Å². The average molecular weight is 282 g/mol. The predicted octanol–water partition coefficient (Wildman–Crippen LogP) is 3.40. The second-order valence-corrected chi connectivity index (χ2v) is 6.33. The van der Waals surface area contributed by atoms with Crippen molar-refractivity contribution in [3.05, 3.63) is 16.6 Å². The maximum atomic E-state index is 5.83. The lowest BCUT2D eigenvalue weighted by Gasteiger charge is -2.25. The molecule has 0 spiro atoms. The van der Waals surface area contributed by atoms with Gasteiger partial charge in [0.05, 0.1) is 11.1 Å². The third-order valence-electron chi connectivity index (χ3n) is 3.70. The Hall–Kier alpha value is -0.450. The molecular formula is C15H26N2OS. The van der Waals surface area contributed by atoms with Gasteiger partial charge in [-0.1, -0.05) is 6.92 Å². The second kappa shape index (κ2) is 8.67. The summed E-state index contributed by atoms with van der Waals surface area (Å²) in [6.45, 7) is 4.28. The van der Waals surface area contributed by atoms with Crippen LogP contribution in [0.5, 0.6) is 0 Å². The average Bonchev–Trinajstić information content (AvgIpc) is 2.96. The van der Waals surface area contributed by atoms with Gasteiger partial charge in [0, 0.05) is 30.6 Å². The molecule has 0 aromatic carbocycles. The summed E-state index contributed by atoms with van der Waals surface area (Å²) in [5.41, 5.74) is 0. The van der Waals surface area contributed by atoms with E-state index in [0.29, 0.717) is 12.1 Å². The van der Waals surface area contributed by atoms with Gasteiger partial charge in [0.1, 0.15) is 0 Å². The smallest absolute Gasteiger partial charge is 0.0940 e. The quantitative estimate of drug-likeness (QED) is 0.793. The van der Waals surface area contributed by atoms with Crippen molar-refractivity contribution < 1.29 is 4.74 Å². The Kier molecular flexibility index (Phi) is 6.82. The number of nitrogens with zero attached hydrogens (tertiary/aromatic N) is 1. The first kappa shape index (κ1) is 14.9. The number of rotatable bonds is 8. The fourth-order valence-electron chi connectivity index (χ4n) is 2.61. The number of thiazole rings is 1. The largest absolute Gasteiger partial charge is 0.378 e. The van der Waals surface area contributed by atoms with Crippen LogP contribution in [0, 0.1) is 0 Å². The molecule has 1 aliphatic rings. The Labute approximate surface area is 120 Å². The summed E-state index contributed by atoms with van der Waals surface area (Å²) in [6, 6.07) is 0.552. The molecule has 1 N–H and O–H groups in total. The second-order valence-electron chi connectivity index (χ2n) is 5.35. The van der Waals surface area contributed by atoms with E-state index >= 15 is 0 Å². The van der Waals surface area contributed by atoms with E-state index in [9.17, 15) is 0 Å². The zero-order chi connectivity index (χ0) is 13.3. The van der Waals surface area contributed by atoms with Gasteiger partial charge in [-0.15, -0.1) is 11.3 Å². The molecule has 3 nitrogen and oxygen atoms in total. The molecule has 0 amide bonds. The minimum atomic E-state index is 0.496. The third-order valence-corrected chi connectivity index (χ3v) is 4.50. The summed E-state index contributed by atoms with van der Waals surface area (Å²) in [5, 5.41) is 6.97. The van der Waals surface area contributed by atoms with Gasteiger partial charge in [-0.3, -0.25) is 0 Å². The number of aromatic nitrogens is 1. The molecule has 0 radical (unpaired) electrons. The molecule has 1 aromatic heterocycles. The highest BCUT2D eigenvalue weighted by atomic mass is 32.1. The highest BCUT2D eigenvalue weighted by Gasteiger charge is 2.17. The van der Waals surface area contributed by atoms with Crippen LogP contribution < -0.4 is 5.32 Å². The lowest BCUT2D eigenvalue weighted by Crippen LogP contribution is -2.33. The van der Waals surface area contributed by atoms with Crippen LogP contribution in [0.25, 0.3) is 0 Å². The van der Waals surface area contributed by atoms with Crippen molar-refractivity contribution in [2.24, 2.45) is 0 Å². The van der Waals surface area contributed by atoms with Crippen LogP contribution >= 0.6 is 11.3 Å². The van der Waals surface area contributed by atoms with Crippen LogP contribution in [-0.2, 0) is 11.2 Å². The molecular weight excluding hydrogens is 256 g/mol. The molecule has 2 rings (SSSR count). The highest BCUT2D eigenvalue weighted by molar-refractivity contribution is 7.09. The third kappa shape index (κ3) is 5.59. The lowest BCUT2D eigenvalue weighted by atomic mass is 10.00. The van der Waals surface area contributed by atoms with Crippen LogP contribution in [0.15, 0.2) is 11.6 Å². The van der Waals surface area contributed by atoms with Crippen molar-refractivity contribution in [2.75, 3.05) is 13.2 Å². The van der Waals surface area contributed by atoms with Crippen molar-refractivity contribution in [1.82, 2.24) is 10.3 Å². The molecule has 1 saturated heterocycles. The summed E-state index contributed by atoms with van der Waals surface area (Å²) in [7, 11) is 0. The van der Waals surface area contributed by atoms with Crippen LogP contribution in [0.3, 0.4) is 0 Å². The molecule has 0 saturated carbocycles. The molecule has 1 aromatic rings. The summed E-state index contributed by atoms with van der Waals surface area (Å²) >= 11 is 1.76. The van der Waals surface area contributed by atoms with Gasteiger partial charge in [-0.05, 0) is 45.1 Å². The van der Waals surface area contributed by atoms with Crippen molar-refractivity contribution in [3.8, 4) is 0 Å². The molecule has 4 heteroatoms. The Morgan fingerprint density at radius 3 is 3.16 bits per heavy atom. The van der Waals surface area contributed by atoms with Gasteiger partial charge in [0.15, 0.2) is 0 Å². The molecule has 1 fully saturated rings. The molecule has 0 bridgehead atoms. The summed E-state index contributed by atoms with van der Waals surface area (Å²) in [5.74, 6) is 0. The van der Waals surface area contributed by atoms with Gasteiger partial charge in [-0.2, -0.15) is 0 Å². The topological polar surface area (TPSA) is 34.1 Å². The van der Waals surface area contributed by atoms with E-state index in [1.807, 2.05) is 6.20 Å². The van der Waals surface area contributed by atoms with Crippen LogP contribution in [0.4, 0.5) is 0 Å². The fourth-order valence-corrected chi connectivity index (χ4v) is 3.31. The van der Waals surface area contributed by atoms with E-state index in [1.165, 1.54) is 43.5 Å². The molecule has 0 aliphatic carbocycles. The van der Waals surface area contributed by atoms with E-state index in [1.54, 1.807) is 11.3 Å². The lowest BCUT2D eigenvalue weighted by molar-refractivity contribution is 0.00858. The molecule has 2 atom stereocenters. The first-order valence-corrected chi connectivity index (χ1v) is 8.49. The summed E-state index contributed by atoms with van der Waals surface area (Å²) in [6.07, 6.45) is 10.9. The Bertz CT molecular complexity index is 323. The summed E-state index contributed by atoms with van der Waals surface area (Å²) in [4.78, 5) is 4.41. The van der Waals surface area contributed by atoms with E-state index < -0.39 is 0 Å². The first-order valence-electron chi connectivity index (χ1n) is 7.62. The molecule has 108 valence electrons. The standard InChI is InChI=1S/C15H26N2OS/c1-2-8-16-13(12-15-17-9-11-19-15)6-7-14-5-3-4-10-18-14/h9,11,13-14,16H,2-8,10,12H2,1H3. The minimum absolute atomic E-state index is 0.496. The number of nitrogens with one attached hydrogen (secondary N) is 1. The van der Waals surface area contributed by atoms with E-state index in [-0.39, 0.29) is 0 Å². The van der Waals surface area contributed by atoms with Gasteiger partial charge >= 0.3 is 0 Å². The maximum Gasteiger partial charge on any atom is 0.0940 e. The zero-order valence-electron chi connectivity index (χ0n) is 11.9. The van der Waals surface area contributed by atoms with E-state index in [2.05, 4.69) is 22.6 Å². The highest BCUT2D eigenvalue weighted by Crippen LogP contribution is 2.19. The van der Waals surface area contributed by atoms with Crippen molar-refractivity contribution in [2.45, 2.75) is 64.0 Å². The van der Waals surface area contributed by atoms with Gasteiger partial charge in [0.25, 0.3) is 0 Å². The molecule has 2 heterocycles. The Morgan fingerprint density at radius 1 is 1.53 bits per heavy atom.